The van der Waals surface area contributed by atoms with Crippen molar-refractivity contribution in [2.24, 2.45) is 5.92 Å². The first-order chi connectivity index (χ1) is 5.43. The van der Waals surface area contributed by atoms with Gasteiger partial charge in [0.2, 0.25) is 0 Å². The van der Waals surface area contributed by atoms with E-state index in [1.807, 2.05) is 0 Å². The molecular formula is C7H14O3S. The van der Waals surface area contributed by atoms with Crippen LogP contribution in [-0.4, -0.2) is 26.1 Å². The maximum Gasteiger partial charge on any atom is 0.0725 e. The van der Waals surface area contributed by atoms with Gasteiger partial charge in [0, 0.05) is 24.4 Å². The van der Waals surface area contributed by atoms with E-state index in [9.17, 15) is 0 Å². The summed E-state index contributed by atoms with van der Waals surface area (Å²) in [6.45, 7) is 1.68. The Kier molecular flexibility index (Phi) is 4.94. The maximum atomic E-state index is 5.35. The van der Waals surface area contributed by atoms with Crippen LogP contribution >= 0.6 is 12.0 Å². The van der Waals surface area contributed by atoms with Crippen LogP contribution in [-0.2, 0) is 14.0 Å². The molecule has 4 heteroatoms. The standard InChI is InChI=1S/C7H14O3S/c1-8-10-11-5-4-9-6-7-2-3-7/h7H,2-6H2,1H3. The first-order valence-corrected chi connectivity index (χ1v) is 4.74. The first-order valence-electron chi connectivity index (χ1n) is 3.83. The second kappa shape index (κ2) is 5.83. The van der Waals surface area contributed by atoms with E-state index in [4.69, 9.17) is 4.74 Å². The zero-order chi connectivity index (χ0) is 7.94. The minimum Gasteiger partial charge on any atom is -0.380 e. The molecule has 0 N–H and O–H groups in total. The van der Waals surface area contributed by atoms with Crippen molar-refractivity contribution in [1.29, 1.82) is 0 Å². The maximum absolute atomic E-state index is 5.35. The summed E-state index contributed by atoms with van der Waals surface area (Å²) in [5.41, 5.74) is 0. The van der Waals surface area contributed by atoms with Crippen molar-refractivity contribution in [3.63, 3.8) is 0 Å². The van der Waals surface area contributed by atoms with Gasteiger partial charge in [0.15, 0.2) is 0 Å². The quantitative estimate of drug-likeness (QED) is 0.256. The lowest BCUT2D eigenvalue weighted by Crippen LogP contribution is -2.00. The summed E-state index contributed by atoms with van der Waals surface area (Å²) in [6.07, 6.45) is 2.70. The third kappa shape index (κ3) is 5.49. The molecule has 66 valence electrons. The Morgan fingerprint density at radius 3 is 2.91 bits per heavy atom. The van der Waals surface area contributed by atoms with Gasteiger partial charge in [0.1, 0.15) is 0 Å². The normalized spacial score (nSPS) is 17.2. The molecule has 1 saturated carbocycles. The van der Waals surface area contributed by atoms with Crippen LogP contribution in [0, 0.1) is 5.92 Å². The molecule has 0 aromatic heterocycles. The molecule has 0 aromatic carbocycles. The Bertz CT molecular complexity index is 95.7. The SMILES string of the molecule is COOSCCOCC1CC1. The Morgan fingerprint density at radius 1 is 1.45 bits per heavy atom. The number of hydrogen-bond acceptors (Lipinski definition) is 4. The van der Waals surface area contributed by atoms with Crippen molar-refractivity contribution in [3.05, 3.63) is 0 Å². The van der Waals surface area contributed by atoms with Crippen LogP contribution in [0.15, 0.2) is 0 Å². The van der Waals surface area contributed by atoms with Crippen molar-refractivity contribution in [3.8, 4) is 0 Å². The lowest BCUT2D eigenvalue weighted by atomic mass is 10.5. The van der Waals surface area contributed by atoms with Crippen molar-refractivity contribution >= 4 is 12.0 Å². The molecule has 0 heterocycles. The third-order valence-corrected chi connectivity index (χ3v) is 2.04. The van der Waals surface area contributed by atoms with Gasteiger partial charge in [0.05, 0.1) is 13.7 Å². The lowest BCUT2D eigenvalue weighted by Gasteiger charge is -2.00. The van der Waals surface area contributed by atoms with E-state index in [1.165, 1.54) is 32.0 Å². The van der Waals surface area contributed by atoms with E-state index >= 15 is 0 Å². The molecule has 3 nitrogen and oxygen atoms in total. The molecule has 0 aliphatic heterocycles. The van der Waals surface area contributed by atoms with Crippen LogP contribution in [0.2, 0.25) is 0 Å². The fourth-order valence-corrected chi connectivity index (χ4v) is 1.06. The average molecular weight is 178 g/mol. The van der Waals surface area contributed by atoms with Gasteiger partial charge in [-0.2, -0.15) is 4.33 Å². The predicted octanol–water partition coefficient (Wildman–Crippen LogP) is 1.64. The lowest BCUT2D eigenvalue weighted by molar-refractivity contribution is -0.160. The molecule has 0 amide bonds. The van der Waals surface area contributed by atoms with Crippen LogP contribution < -0.4 is 0 Å². The monoisotopic (exact) mass is 178 g/mol. The molecule has 1 aliphatic rings. The number of rotatable bonds is 7. The second-order valence-corrected chi connectivity index (χ2v) is 3.36. The van der Waals surface area contributed by atoms with E-state index in [0.717, 1.165) is 24.9 Å². The summed E-state index contributed by atoms with van der Waals surface area (Å²) in [5.74, 6) is 1.68. The fraction of sp³-hybridized carbons (Fsp3) is 1.00. The molecular weight excluding hydrogens is 164 g/mol. The molecule has 0 atom stereocenters. The molecule has 0 bridgehead atoms. The van der Waals surface area contributed by atoms with E-state index < -0.39 is 0 Å². The molecule has 11 heavy (non-hydrogen) atoms. The van der Waals surface area contributed by atoms with Crippen LogP contribution in [0.4, 0.5) is 0 Å². The highest BCUT2D eigenvalue weighted by molar-refractivity contribution is 7.94. The van der Waals surface area contributed by atoms with Crippen LogP contribution in [0.1, 0.15) is 12.8 Å². The Morgan fingerprint density at radius 2 is 2.27 bits per heavy atom. The highest BCUT2D eigenvalue weighted by atomic mass is 32.2. The number of ether oxygens (including phenoxy) is 1. The van der Waals surface area contributed by atoms with Gasteiger partial charge in [0.25, 0.3) is 0 Å². The molecule has 0 unspecified atom stereocenters. The van der Waals surface area contributed by atoms with Gasteiger partial charge in [-0.1, -0.05) is 0 Å². The highest BCUT2D eigenvalue weighted by Gasteiger charge is 2.20. The largest absolute Gasteiger partial charge is 0.380 e. The molecule has 1 aliphatic carbocycles. The van der Waals surface area contributed by atoms with Crippen molar-refractivity contribution in [2.75, 3.05) is 26.1 Å². The summed E-state index contributed by atoms with van der Waals surface area (Å²) in [6, 6.07) is 0. The molecule has 0 saturated heterocycles. The molecule has 0 radical (unpaired) electrons. The van der Waals surface area contributed by atoms with Gasteiger partial charge in [-0.15, -0.1) is 0 Å². The minimum absolute atomic E-state index is 0.754. The van der Waals surface area contributed by atoms with E-state index in [2.05, 4.69) is 9.22 Å². The zero-order valence-corrected chi connectivity index (χ0v) is 7.56. The Hall–Kier alpha value is 0.230. The smallest absolute Gasteiger partial charge is 0.0725 e. The summed E-state index contributed by atoms with van der Waals surface area (Å²) >= 11 is 1.28. The molecule has 1 fully saturated rings. The summed E-state index contributed by atoms with van der Waals surface area (Å²) in [4.78, 5) is 4.39. The molecule has 1 rings (SSSR count). The van der Waals surface area contributed by atoms with E-state index in [0.29, 0.717) is 0 Å². The van der Waals surface area contributed by atoms with Gasteiger partial charge in [-0.05, 0) is 18.8 Å². The fourth-order valence-electron chi connectivity index (χ4n) is 0.710. The third-order valence-electron chi connectivity index (χ3n) is 1.48. The summed E-state index contributed by atoms with van der Waals surface area (Å²) in [7, 11) is 1.50. The second-order valence-electron chi connectivity index (χ2n) is 2.57. The van der Waals surface area contributed by atoms with Gasteiger partial charge >= 0.3 is 0 Å². The van der Waals surface area contributed by atoms with Crippen molar-refractivity contribution in [2.45, 2.75) is 12.8 Å². The number of hydrogen-bond donors (Lipinski definition) is 0. The molecule has 0 aromatic rings. The van der Waals surface area contributed by atoms with E-state index in [-0.39, 0.29) is 0 Å². The zero-order valence-electron chi connectivity index (χ0n) is 6.75. The van der Waals surface area contributed by atoms with Gasteiger partial charge < -0.3 is 4.74 Å². The van der Waals surface area contributed by atoms with Crippen molar-refractivity contribution in [1.82, 2.24) is 0 Å². The first kappa shape index (κ1) is 9.32. The van der Waals surface area contributed by atoms with Crippen molar-refractivity contribution < 1.29 is 14.0 Å². The van der Waals surface area contributed by atoms with Crippen LogP contribution in [0.3, 0.4) is 0 Å². The Labute approximate surface area is 71.5 Å². The van der Waals surface area contributed by atoms with Crippen LogP contribution in [0.25, 0.3) is 0 Å². The summed E-state index contributed by atoms with van der Waals surface area (Å²) in [5, 5.41) is 0. The topological polar surface area (TPSA) is 27.7 Å². The average Bonchev–Trinajstić information content (AvgIpc) is 2.80. The minimum atomic E-state index is 0.754. The van der Waals surface area contributed by atoms with E-state index in [1.54, 1.807) is 0 Å². The summed E-state index contributed by atoms with van der Waals surface area (Å²) < 4.78 is 9.94. The predicted molar refractivity (Wildman–Crippen MR) is 44.1 cm³/mol. The molecule has 0 spiro atoms. The van der Waals surface area contributed by atoms with Gasteiger partial charge in [-0.3, -0.25) is 0 Å². The van der Waals surface area contributed by atoms with Crippen LogP contribution in [0.5, 0.6) is 0 Å². The highest BCUT2D eigenvalue weighted by Crippen LogP contribution is 2.28. The Balaban J connectivity index is 1.66. The van der Waals surface area contributed by atoms with Gasteiger partial charge in [-0.25, -0.2) is 4.89 Å².